The third-order valence-corrected chi connectivity index (χ3v) is 6.59. The van der Waals surface area contributed by atoms with Crippen LogP contribution in [0.3, 0.4) is 0 Å². The number of hydrogen-bond donors (Lipinski definition) is 0. The zero-order valence-electron chi connectivity index (χ0n) is 16.4. The van der Waals surface area contributed by atoms with Crippen molar-refractivity contribution in [2.45, 2.75) is 38.6 Å². The Morgan fingerprint density at radius 1 is 1.04 bits per heavy atom. The van der Waals surface area contributed by atoms with E-state index in [1.807, 2.05) is 45.9 Å². The van der Waals surface area contributed by atoms with Gasteiger partial charge in [0.05, 0.1) is 5.02 Å². The van der Waals surface area contributed by atoms with Crippen LogP contribution in [-0.2, 0) is 10.0 Å². The average molecular weight is 409 g/mol. The Balaban J connectivity index is 2.59. The topological polar surface area (TPSA) is 57.7 Å². The third kappa shape index (κ3) is 4.34. The number of anilines is 1. The van der Waals surface area contributed by atoms with Gasteiger partial charge in [-0.3, -0.25) is 4.79 Å². The quantitative estimate of drug-likeness (QED) is 0.742. The van der Waals surface area contributed by atoms with Crippen LogP contribution in [0.15, 0.2) is 41.3 Å². The fourth-order valence-electron chi connectivity index (χ4n) is 2.77. The summed E-state index contributed by atoms with van der Waals surface area (Å²) < 4.78 is 26.1. The molecule has 0 heterocycles. The van der Waals surface area contributed by atoms with Crippen molar-refractivity contribution in [3.63, 3.8) is 0 Å². The first-order chi connectivity index (χ1) is 12.5. The maximum atomic E-state index is 13.3. The van der Waals surface area contributed by atoms with Crippen molar-refractivity contribution in [3.05, 3.63) is 58.1 Å². The molecule has 2 aromatic rings. The molecule has 0 fully saturated rings. The van der Waals surface area contributed by atoms with E-state index in [4.69, 9.17) is 11.6 Å². The minimum absolute atomic E-state index is 0.0790. The first-order valence-electron chi connectivity index (χ1n) is 8.59. The van der Waals surface area contributed by atoms with Crippen molar-refractivity contribution in [1.82, 2.24) is 4.31 Å². The molecule has 2 rings (SSSR count). The van der Waals surface area contributed by atoms with E-state index in [-0.39, 0.29) is 27.4 Å². The van der Waals surface area contributed by atoms with E-state index in [1.165, 1.54) is 26.2 Å². The van der Waals surface area contributed by atoms with Gasteiger partial charge >= 0.3 is 0 Å². The van der Waals surface area contributed by atoms with Crippen LogP contribution in [0, 0.1) is 13.8 Å². The van der Waals surface area contributed by atoms with Gasteiger partial charge in [0.25, 0.3) is 5.91 Å². The molecule has 0 N–H and O–H groups in total. The van der Waals surface area contributed by atoms with Crippen LogP contribution < -0.4 is 4.90 Å². The van der Waals surface area contributed by atoms with Gasteiger partial charge in [-0.05, 0) is 63.1 Å². The van der Waals surface area contributed by atoms with Crippen LogP contribution >= 0.6 is 11.6 Å². The second-order valence-corrected chi connectivity index (χ2v) is 9.52. The summed E-state index contributed by atoms with van der Waals surface area (Å²) in [5.41, 5.74) is 3.09. The Bertz CT molecular complexity index is 969. The van der Waals surface area contributed by atoms with Gasteiger partial charge in [-0.1, -0.05) is 23.7 Å². The molecule has 0 bridgehead atoms. The highest BCUT2D eigenvalue weighted by Gasteiger charge is 2.26. The normalized spacial score (nSPS) is 11.9. The Kier molecular flexibility index (Phi) is 6.35. The number of aryl methyl sites for hydroxylation is 2. The standard InChI is InChI=1S/C20H25ClN2O3S/c1-13(2)23(18-11-14(3)7-8-15(18)4)20(24)16-9-10-17(21)19(12-16)27(25,26)22(5)6/h7-13H,1-6H3. The molecule has 0 radical (unpaired) electrons. The molecular formula is C20H25ClN2O3S. The monoisotopic (exact) mass is 408 g/mol. The summed E-state index contributed by atoms with van der Waals surface area (Å²) in [4.78, 5) is 14.9. The molecule has 0 saturated heterocycles. The zero-order chi connectivity index (χ0) is 20.5. The van der Waals surface area contributed by atoms with E-state index >= 15 is 0 Å². The summed E-state index contributed by atoms with van der Waals surface area (Å²) in [6.07, 6.45) is 0. The molecule has 0 unspecified atom stereocenters. The molecular weight excluding hydrogens is 384 g/mol. The van der Waals surface area contributed by atoms with E-state index in [0.29, 0.717) is 0 Å². The molecule has 0 aliphatic heterocycles. The summed E-state index contributed by atoms with van der Waals surface area (Å²) in [5, 5.41) is 0.0862. The van der Waals surface area contributed by atoms with Crippen molar-refractivity contribution in [3.8, 4) is 0 Å². The highest BCUT2D eigenvalue weighted by molar-refractivity contribution is 7.89. The summed E-state index contributed by atoms with van der Waals surface area (Å²) in [5.74, 6) is -0.273. The van der Waals surface area contributed by atoms with Crippen LogP contribution in [0.25, 0.3) is 0 Å². The lowest BCUT2D eigenvalue weighted by Gasteiger charge is -2.29. The molecule has 0 spiro atoms. The minimum atomic E-state index is -3.76. The molecule has 0 atom stereocenters. The predicted octanol–water partition coefficient (Wildman–Crippen LogP) is 4.26. The second-order valence-electron chi connectivity index (χ2n) is 6.99. The predicted molar refractivity (Wildman–Crippen MR) is 110 cm³/mol. The number of rotatable bonds is 5. The third-order valence-electron chi connectivity index (χ3n) is 4.30. The van der Waals surface area contributed by atoms with Gasteiger partial charge < -0.3 is 4.90 Å². The van der Waals surface area contributed by atoms with Gasteiger partial charge in [-0.2, -0.15) is 0 Å². The van der Waals surface area contributed by atoms with Crippen molar-refractivity contribution in [2.24, 2.45) is 0 Å². The van der Waals surface area contributed by atoms with Crippen molar-refractivity contribution in [1.29, 1.82) is 0 Å². The first kappa shape index (κ1) is 21.4. The molecule has 146 valence electrons. The van der Waals surface area contributed by atoms with Crippen LogP contribution in [-0.4, -0.2) is 38.8 Å². The molecule has 7 heteroatoms. The number of carbonyl (C=O) groups is 1. The number of hydrogen-bond acceptors (Lipinski definition) is 3. The SMILES string of the molecule is Cc1ccc(C)c(N(C(=O)c2ccc(Cl)c(S(=O)(=O)N(C)C)c2)C(C)C)c1. The smallest absolute Gasteiger partial charge is 0.258 e. The van der Waals surface area contributed by atoms with Crippen LogP contribution in [0.1, 0.15) is 35.3 Å². The second kappa shape index (κ2) is 8.00. The molecule has 27 heavy (non-hydrogen) atoms. The summed E-state index contributed by atoms with van der Waals surface area (Å²) in [6.45, 7) is 7.76. The zero-order valence-corrected chi connectivity index (χ0v) is 18.0. The van der Waals surface area contributed by atoms with E-state index < -0.39 is 10.0 Å². The fourth-order valence-corrected chi connectivity index (χ4v) is 4.16. The van der Waals surface area contributed by atoms with Crippen LogP contribution in [0.2, 0.25) is 5.02 Å². The highest BCUT2D eigenvalue weighted by Crippen LogP contribution is 2.29. The lowest BCUT2D eigenvalue weighted by molar-refractivity contribution is 0.0980. The summed E-state index contributed by atoms with van der Waals surface area (Å²) in [7, 11) is -0.904. The lowest BCUT2D eigenvalue weighted by atomic mass is 10.1. The number of halogens is 1. The van der Waals surface area contributed by atoms with Crippen LogP contribution in [0.4, 0.5) is 5.69 Å². The summed E-state index contributed by atoms with van der Waals surface area (Å²) in [6, 6.07) is 10.2. The van der Waals surface area contributed by atoms with Crippen LogP contribution in [0.5, 0.6) is 0 Å². The first-order valence-corrected chi connectivity index (χ1v) is 10.4. The van der Waals surface area contributed by atoms with Gasteiger partial charge in [0, 0.05) is 31.4 Å². The molecule has 0 aromatic heterocycles. The summed E-state index contributed by atoms with van der Waals surface area (Å²) >= 11 is 6.10. The van der Waals surface area contributed by atoms with E-state index in [2.05, 4.69) is 0 Å². The largest absolute Gasteiger partial charge is 0.306 e. The number of amides is 1. The van der Waals surface area contributed by atoms with Gasteiger partial charge in [0.2, 0.25) is 10.0 Å². The molecule has 0 aliphatic carbocycles. The number of sulfonamides is 1. The van der Waals surface area contributed by atoms with E-state index in [1.54, 1.807) is 11.0 Å². The lowest BCUT2D eigenvalue weighted by Crippen LogP contribution is -2.37. The van der Waals surface area contributed by atoms with Crippen molar-refractivity contribution < 1.29 is 13.2 Å². The van der Waals surface area contributed by atoms with Gasteiger partial charge in [-0.25, -0.2) is 12.7 Å². The van der Waals surface area contributed by atoms with Crippen molar-refractivity contribution in [2.75, 3.05) is 19.0 Å². The minimum Gasteiger partial charge on any atom is -0.306 e. The van der Waals surface area contributed by atoms with E-state index in [0.717, 1.165) is 21.1 Å². The number of carbonyl (C=O) groups excluding carboxylic acids is 1. The average Bonchev–Trinajstić information content (AvgIpc) is 2.57. The highest BCUT2D eigenvalue weighted by atomic mass is 35.5. The Hall–Kier alpha value is -1.89. The van der Waals surface area contributed by atoms with E-state index in [9.17, 15) is 13.2 Å². The Labute approximate surface area is 166 Å². The molecule has 0 aliphatic rings. The van der Waals surface area contributed by atoms with Crippen molar-refractivity contribution >= 4 is 33.2 Å². The molecule has 1 amide bonds. The van der Waals surface area contributed by atoms with Gasteiger partial charge in [0.1, 0.15) is 4.90 Å². The maximum Gasteiger partial charge on any atom is 0.258 e. The van der Waals surface area contributed by atoms with Gasteiger partial charge in [-0.15, -0.1) is 0 Å². The fraction of sp³-hybridized carbons (Fsp3) is 0.350. The number of benzene rings is 2. The Morgan fingerprint density at radius 3 is 2.22 bits per heavy atom. The molecule has 2 aromatic carbocycles. The van der Waals surface area contributed by atoms with Gasteiger partial charge in [0.15, 0.2) is 0 Å². The number of nitrogens with zero attached hydrogens (tertiary/aromatic N) is 2. The Morgan fingerprint density at radius 2 is 1.67 bits per heavy atom. The molecule has 5 nitrogen and oxygen atoms in total. The molecule has 0 saturated carbocycles. The maximum absolute atomic E-state index is 13.3.